The second-order valence-electron chi connectivity index (χ2n) is 5.25. The van der Waals surface area contributed by atoms with E-state index in [1.807, 2.05) is 12.1 Å². The Balaban J connectivity index is 1.85. The highest BCUT2D eigenvalue weighted by Gasteiger charge is 2.17. The van der Waals surface area contributed by atoms with Crippen molar-refractivity contribution in [1.29, 1.82) is 0 Å². The van der Waals surface area contributed by atoms with Gasteiger partial charge in [-0.15, -0.1) is 0 Å². The molecule has 0 saturated heterocycles. The summed E-state index contributed by atoms with van der Waals surface area (Å²) in [4.78, 5) is 0. The van der Waals surface area contributed by atoms with Gasteiger partial charge in [0.2, 0.25) is 0 Å². The first kappa shape index (κ1) is 12.6. The minimum Gasteiger partial charge on any atom is -0.399 e. The molecule has 3 heteroatoms. The summed E-state index contributed by atoms with van der Waals surface area (Å²) in [6, 6.07) is 5.65. The molecule has 0 bridgehead atoms. The smallest absolute Gasteiger partial charge is 0.0657 e. The Labute approximate surface area is 109 Å². The Morgan fingerprint density at radius 1 is 1.29 bits per heavy atom. The molecule has 0 unspecified atom stereocenters. The van der Waals surface area contributed by atoms with Gasteiger partial charge in [-0.3, -0.25) is 0 Å². The highest BCUT2D eigenvalue weighted by molar-refractivity contribution is 6.33. The van der Waals surface area contributed by atoms with Crippen molar-refractivity contribution in [2.75, 3.05) is 17.6 Å². The van der Waals surface area contributed by atoms with Crippen LogP contribution in [0, 0.1) is 11.8 Å². The molecule has 1 aromatic rings. The first-order chi connectivity index (χ1) is 8.15. The highest BCUT2D eigenvalue weighted by Crippen LogP contribution is 2.30. The molecule has 94 valence electrons. The molecule has 1 aliphatic carbocycles. The van der Waals surface area contributed by atoms with Gasteiger partial charge < -0.3 is 11.1 Å². The van der Waals surface area contributed by atoms with E-state index in [2.05, 4.69) is 12.2 Å². The fourth-order valence-electron chi connectivity index (χ4n) is 2.46. The second-order valence-corrected chi connectivity index (χ2v) is 5.65. The van der Waals surface area contributed by atoms with Crippen LogP contribution in [0.15, 0.2) is 18.2 Å². The monoisotopic (exact) mass is 252 g/mol. The Morgan fingerprint density at radius 2 is 2.00 bits per heavy atom. The van der Waals surface area contributed by atoms with Crippen LogP contribution in [0.1, 0.15) is 32.6 Å². The fraction of sp³-hybridized carbons (Fsp3) is 0.571. The van der Waals surface area contributed by atoms with Gasteiger partial charge in [0, 0.05) is 12.2 Å². The third-order valence-electron chi connectivity index (χ3n) is 3.71. The average molecular weight is 253 g/mol. The maximum atomic E-state index is 6.13. The van der Waals surface area contributed by atoms with Crippen molar-refractivity contribution in [3.05, 3.63) is 23.2 Å². The number of benzene rings is 1. The lowest BCUT2D eigenvalue weighted by atomic mass is 9.83. The SMILES string of the molecule is CC1CCC(CNc2ccc(N)cc2Cl)CC1. The lowest BCUT2D eigenvalue weighted by Gasteiger charge is -2.26. The van der Waals surface area contributed by atoms with Crippen molar-refractivity contribution in [2.45, 2.75) is 32.6 Å². The van der Waals surface area contributed by atoms with Gasteiger partial charge in [0.05, 0.1) is 10.7 Å². The van der Waals surface area contributed by atoms with Crippen molar-refractivity contribution < 1.29 is 0 Å². The lowest BCUT2D eigenvalue weighted by Crippen LogP contribution is -2.20. The minimum absolute atomic E-state index is 0.715. The zero-order valence-corrected chi connectivity index (χ0v) is 11.1. The summed E-state index contributed by atoms with van der Waals surface area (Å²) in [5.41, 5.74) is 7.38. The zero-order chi connectivity index (χ0) is 12.3. The summed E-state index contributed by atoms with van der Waals surface area (Å²) in [7, 11) is 0. The number of nitrogen functional groups attached to an aromatic ring is 1. The Kier molecular flexibility index (Phi) is 4.16. The molecule has 0 radical (unpaired) electrons. The van der Waals surface area contributed by atoms with Crippen LogP contribution < -0.4 is 11.1 Å². The number of hydrogen-bond acceptors (Lipinski definition) is 2. The molecule has 2 rings (SSSR count). The Bertz CT molecular complexity index is 370. The van der Waals surface area contributed by atoms with E-state index in [1.165, 1.54) is 25.7 Å². The van der Waals surface area contributed by atoms with Crippen LogP contribution in [0.4, 0.5) is 11.4 Å². The van der Waals surface area contributed by atoms with Crippen molar-refractivity contribution >= 4 is 23.0 Å². The number of nitrogens with two attached hydrogens (primary N) is 1. The molecule has 0 amide bonds. The van der Waals surface area contributed by atoms with Crippen LogP contribution in [0.25, 0.3) is 0 Å². The van der Waals surface area contributed by atoms with Gasteiger partial charge >= 0.3 is 0 Å². The predicted molar refractivity (Wildman–Crippen MR) is 75.5 cm³/mol. The highest BCUT2D eigenvalue weighted by atomic mass is 35.5. The number of halogens is 1. The first-order valence-electron chi connectivity index (χ1n) is 6.44. The molecule has 1 aliphatic rings. The van der Waals surface area contributed by atoms with Crippen LogP contribution in [-0.2, 0) is 0 Å². The molecule has 0 atom stereocenters. The number of hydrogen-bond donors (Lipinski definition) is 2. The van der Waals surface area contributed by atoms with Gasteiger partial charge in [0.1, 0.15) is 0 Å². The number of nitrogens with one attached hydrogen (secondary N) is 1. The fourth-order valence-corrected chi connectivity index (χ4v) is 2.72. The normalized spacial score (nSPS) is 24.6. The lowest BCUT2D eigenvalue weighted by molar-refractivity contribution is 0.300. The summed E-state index contributed by atoms with van der Waals surface area (Å²) in [6.45, 7) is 3.37. The van der Waals surface area contributed by atoms with Gasteiger partial charge in [-0.05, 0) is 42.9 Å². The van der Waals surface area contributed by atoms with E-state index in [9.17, 15) is 0 Å². The van der Waals surface area contributed by atoms with Crippen LogP contribution in [0.3, 0.4) is 0 Å². The summed E-state index contributed by atoms with van der Waals surface area (Å²) >= 11 is 6.13. The first-order valence-corrected chi connectivity index (χ1v) is 6.82. The summed E-state index contributed by atoms with van der Waals surface area (Å²) < 4.78 is 0. The Morgan fingerprint density at radius 3 is 2.65 bits per heavy atom. The number of anilines is 2. The zero-order valence-electron chi connectivity index (χ0n) is 10.4. The third-order valence-corrected chi connectivity index (χ3v) is 4.02. The van der Waals surface area contributed by atoms with Crippen molar-refractivity contribution in [1.82, 2.24) is 0 Å². The molecule has 1 fully saturated rings. The molecule has 0 aliphatic heterocycles. The van der Waals surface area contributed by atoms with Gasteiger partial charge in [0.25, 0.3) is 0 Å². The molecule has 17 heavy (non-hydrogen) atoms. The number of rotatable bonds is 3. The van der Waals surface area contributed by atoms with Crippen LogP contribution in [0.2, 0.25) is 5.02 Å². The van der Waals surface area contributed by atoms with Crippen LogP contribution >= 0.6 is 11.6 Å². The quantitative estimate of drug-likeness (QED) is 0.793. The van der Waals surface area contributed by atoms with Gasteiger partial charge in [-0.2, -0.15) is 0 Å². The molecule has 1 saturated carbocycles. The molecule has 0 spiro atoms. The largest absolute Gasteiger partial charge is 0.399 e. The summed E-state index contributed by atoms with van der Waals surface area (Å²) in [6.07, 6.45) is 5.39. The summed E-state index contributed by atoms with van der Waals surface area (Å²) in [5.74, 6) is 1.70. The van der Waals surface area contributed by atoms with Crippen molar-refractivity contribution in [3.63, 3.8) is 0 Å². The van der Waals surface area contributed by atoms with E-state index in [0.717, 1.165) is 24.1 Å². The molecule has 0 heterocycles. The molecular weight excluding hydrogens is 232 g/mol. The molecule has 0 aromatic heterocycles. The Hall–Kier alpha value is -0.890. The summed E-state index contributed by atoms with van der Waals surface area (Å²) in [5, 5.41) is 4.15. The minimum atomic E-state index is 0.715. The van der Waals surface area contributed by atoms with Gasteiger partial charge in [-0.25, -0.2) is 0 Å². The second kappa shape index (κ2) is 5.63. The third kappa shape index (κ3) is 3.53. The van der Waals surface area contributed by atoms with Gasteiger partial charge in [0.15, 0.2) is 0 Å². The molecular formula is C14H21ClN2. The van der Waals surface area contributed by atoms with E-state index in [1.54, 1.807) is 6.07 Å². The standard InChI is InChI=1S/C14H21ClN2/c1-10-2-4-11(5-3-10)9-17-14-7-6-12(16)8-13(14)15/h6-8,10-11,17H,2-5,9,16H2,1H3. The average Bonchev–Trinajstić information content (AvgIpc) is 2.30. The van der Waals surface area contributed by atoms with E-state index in [4.69, 9.17) is 17.3 Å². The topological polar surface area (TPSA) is 38.0 Å². The molecule has 2 nitrogen and oxygen atoms in total. The van der Waals surface area contributed by atoms with E-state index in [-0.39, 0.29) is 0 Å². The maximum Gasteiger partial charge on any atom is 0.0657 e. The van der Waals surface area contributed by atoms with E-state index in [0.29, 0.717) is 10.7 Å². The van der Waals surface area contributed by atoms with Crippen molar-refractivity contribution in [2.24, 2.45) is 11.8 Å². The maximum absolute atomic E-state index is 6.13. The van der Waals surface area contributed by atoms with Crippen LogP contribution in [0.5, 0.6) is 0 Å². The van der Waals surface area contributed by atoms with Gasteiger partial charge in [-0.1, -0.05) is 31.4 Å². The van der Waals surface area contributed by atoms with Crippen LogP contribution in [-0.4, -0.2) is 6.54 Å². The van der Waals surface area contributed by atoms with Crippen molar-refractivity contribution in [3.8, 4) is 0 Å². The predicted octanol–water partition coefficient (Wildman–Crippen LogP) is 4.16. The van der Waals surface area contributed by atoms with E-state index < -0.39 is 0 Å². The molecule has 1 aromatic carbocycles. The molecule has 3 N–H and O–H groups in total. The van der Waals surface area contributed by atoms with E-state index >= 15 is 0 Å².